The zero-order valence-electron chi connectivity index (χ0n) is 9.15. The standard InChI is InChI=1S/C13H8Cl2N2O/c14-9-3-4-12(11(17)5-9)18-13-6-10(15)2-1-8(13)7-16/h1-6H,17H2. The number of rotatable bonds is 2. The molecule has 2 rings (SSSR count). The highest BCUT2D eigenvalue weighted by atomic mass is 35.5. The fourth-order valence-corrected chi connectivity index (χ4v) is 1.75. The highest BCUT2D eigenvalue weighted by molar-refractivity contribution is 6.31. The highest BCUT2D eigenvalue weighted by Crippen LogP contribution is 2.32. The molecule has 0 amide bonds. The maximum atomic E-state index is 8.98. The molecule has 3 nitrogen and oxygen atoms in total. The van der Waals surface area contributed by atoms with Crippen molar-refractivity contribution < 1.29 is 4.74 Å². The minimum atomic E-state index is 0.360. The van der Waals surface area contributed by atoms with Gasteiger partial charge in [-0.2, -0.15) is 5.26 Å². The van der Waals surface area contributed by atoms with Crippen molar-refractivity contribution >= 4 is 28.9 Å². The Bertz CT molecular complexity index is 635. The van der Waals surface area contributed by atoms with Gasteiger partial charge in [0.15, 0.2) is 0 Å². The molecule has 0 aliphatic rings. The number of ether oxygens (including phenoxy) is 1. The van der Waals surface area contributed by atoms with Crippen LogP contribution in [0.5, 0.6) is 11.5 Å². The summed E-state index contributed by atoms with van der Waals surface area (Å²) in [7, 11) is 0. The highest BCUT2D eigenvalue weighted by Gasteiger charge is 2.08. The smallest absolute Gasteiger partial charge is 0.150 e. The van der Waals surface area contributed by atoms with E-state index in [9.17, 15) is 0 Å². The molecule has 18 heavy (non-hydrogen) atoms. The van der Waals surface area contributed by atoms with Crippen molar-refractivity contribution in [1.82, 2.24) is 0 Å². The van der Waals surface area contributed by atoms with Crippen LogP contribution in [0.2, 0.25) is 10.0 Å². The van der Waals surface area contributed by atoms with Crippen LogP contribution in [0.1, 0.15) is 5.56 Å². The third-order valence-corrected chi connectivity index (χ3v) is 2.73. The van der Waals surface area contributed by atoms with Crippen LogP contribution in [0, 0.1) is 11.3 Å². The van der Waals surface area contributed by atoms with Gasteiger partial charge < -0.3 is 10.5 Å². The third-order valence-electron chi connectivity index (χ3n) is 2.26. The SMILES string of the molecule is N#Cc1ccc(Cl)cc1Oc1ccc(Cl)cc1N. The van der Waals surface area contributed by atoms with E-state index in [1.807, 2.05) is 6.07 Å². The van der Waals surface area contributed by atoms with E-state index in [4.69, 9.17) is 38.9 Å². The maximum absolute atomic E-state index is 8.98. The molecule has 0 aromatic heterocycles. The molecule has 5 heteroatoms. The molecular weight excluding hydrogens is 271 g/mol. The lowest BCUT2D eigenvalue weighted by Crippen LogP contribution is -1.93. The molecule has 2 aromatic rings. The Morgan fingerprint density at radius 1 is 1.00 bits per heavy atom. The van der Waals surface area contributed by atoms with Crippen LogP contribution in [0.3, 0.4) is 0 Å². The summed E-state index contributed by atoms with van der Waals surface area (Å²) in [5, 5.41) is 9.98. The van der Waals surface area contributed by atoms with E-state index in [0.717, 1.165) is 0 Å². The van der Waals surface area contributed by atoms with Gasteiger partial charge in [0, 0.05) is 16.1 Å². The van der Waals surface area contributed by atoms with Gasteiger partial charge in [-0.05, 0) is 30.3 Å². The van der Waals surface area contributed by atoms with E-state index in [2.05, 4.69) is 0 Å². The second-order valence-corrected chi connectivity index (χ2v) is 4.41. The largest absolute Gasteiger partial charge is 0.454 e. The van der Waals surface area contributed by atoms with Gasteiger partial charge in [0.05, 0.1) is 11.3 Å². The van der Waals surface area contributed by atoms with Gasteiger partial charge in [0.2, 0.25) is 0 Å². The van der Waals surface area contributed by atoms with Crippen molar-refractivity contribution in [2.75, 3.05) is 5.73 Å². The summed E-state index contributed by atoms with van der Waals surface area (Å²) in [6.07, 6.45) is 0. The number of benzene rings is 2. The monoisotopic (exact) mass is 278 g/mol. The molecule has 2 aromatic carbocycles. The Morgan fingerprint density at radius 2 is 1.67 bits per heavy atom. The minimum absolute atomic E-state index is 0.360. The Morgan fingerprint density at radius 3 is 2.33 bits per heavy atom. The van der Waals surface area contributed by atoms with Gasteiger partial charge in [-0.25, -0.2) is 0 Å². The molecule has 0 saturated heterocycles. The molecule has 0 saturated carbocycles. The Hall–Kier alpha value is -1.89. The molecule has 0 fully saturated rings. The van der Waals surface area contributed by atoms with Crippen LogP contribution >= 0.6 is 23.2 Å². The molecule has 0 atom stereocenters. The predicted molar refractivity (Wildman–Crippen MR) is 72.1 cm³/mol. The first-order valence-corrected chi connectivity index (χ1v) is 5.78. The lowest BCUT2D eigenvalue weighted by molar-refractivity contribution is 0.483. The van der Waals surface area contributed by atoms with E-state index in [1.165, 1.54) is 0 Å². The summed E-state index contributed by atoms with van der Waals surface area (Å²) in [6.45, 7) is 0. The van der Waals surface area contributed by atoms with Crippen molar-refractivity contribution in [1.29, 1.82) is 5.26 Å². The van der Waals surface area contributed by atoms with Crippen molar-refractivity contribution in [2.24, 2.45) is 0 Å². The van der Waals surface area contributed by atoms with Crippen molar-refractivity contribution in [3.05, 3.63) is 52.0 Å². The minimum Gasteiger partial charge on any atom is -0.454 e. The fourth-order valence-electron chi connectivity index (χ4n) is 1.40. The van der Waals surface area contributed by atoms with Crippen molar-refractivity contribution in [2.45, 2.75) is 0 Å². The summed E-state index contributed by atoms with van der Waals surface area (Å²) < 4.78 is 5.58. The number of hydrogen-bond donors (Lipinski definition) is 1. The van der Waals surface area contributed by atoms with E-state index >= 15 is 0 Å². The molecular formula is C13H8Cl2N2O. The van der Waals surface area contributed by atoms with Gasteiger partial charge >= 0.3 is 0 Å². The second kappa shape index (κ2) is 5.18. The van der Waals surface area contributed by atoms with Gasteiger partial charge in [-0.1, -0.05) is 23.2 Å². The molecule has 0 spiro atoms. The fraction of sp³-hybridized carbons (Fsp3) is 0. The first kappa shape index (κ1) is 12.6. The average Bonchev–Trinajstić information content (AvgIpc) is 2.33. The van der Waals surface area contributed by atoms with E-state index < -0.39 is 0 Å². The van der Waals surface area contributed by atoms with Gasteiger partial charge in [0.25, 0.3) is 0 Å². The lowest BCUT2D eigenvalue weighted by Gasteiger charge is -2.10. The third kappa shape index (κ3) is 2.67. The second-order valence-electron chi connectivity index (χ2n) is 3.54. The van der Waals surface area contributed by atoms with Crippen LogP contribution in [0.15, 0.2) is 36.4 Å². The first-order chi connectivity index (χ1) is 8.60. The van der Waals surface area contributed by atoms with Gasteiger partial charge in [-0.15, -0.1) is 0 Å². The quantitative estimate of drug-likeness (QED) is 0.836. The number of nitrogen functional groups attached to an aromatic ring is 1. The number of halogens is 2. The molecule has 0 unspecified atom stereocenters. The molecule has 0 aliphatic carbocycles. The molecule has 0 radical (unpaired) electrons. The Kier molecular flexibility index (Phi) is 3.61. The number of hydrogen-bond acceptors (Lipinski definition) is 3. The lowest BCUT2D eigenvalue weighted by atomic mass is 10.2. The topological polar surface area (TPSA) is 59.0 Å². The summed E-state index contributed by atoms with van der Waals surface area (Å²) in [5.74, 6) is 0.789. The Balaban J connectivity index is 2.40. The van der Waals surface area contributed by atoms with Crippen LogP contribution in [0.4, 0.5) is 5.69 Å². The number of nitrogens with two attached hydrogens (primary N) is 1. The summed E-state index contributed by atoms with van der Waals surface area (Å²) in [6, 6.07) is 11.7. The first-order valence-electron chi connectivity index (χ1n) is 5.02. The van der Waals surface area contributed by atoms with Crippen molar-refractivity contribution in [3.63, 3.8) is 0 Å². The number of nitriles is 1. The number of nitrogens with zero attached hydrogens (tertiary/aromatic N) is 1. The molecule has 2 N–H and O–H groups in total. The predicted octanol–water partition coefficient (Wildman–Crippen LogP) is 4.24. The van der Waals surface area contributed by atoms with E-state index in [-0.39, 0.29) is 0 Å². The number of anilines is 1. The van der Waals surface area contributed by atoms with E-state index in [0.29, 0.717) is 32.8 Å². The maximum Gasteiger partial charge on any atom is 0.150 e. The summed E-state index contributed by atoms with van der Waals surface area (Å²) in [4.78, 5) is 0. The zero-order chi connectivity index (χ0) is 13.1. The zero-order valence-corrected chi connectivity index (χ0v) is 10.7. The van der Waals surface area contributed by atoms with Crippen LogP contribution in [-0.2, 0) is 0 Å². The summed E-state index contributed by atoms with van der Waals surface area (Å²) in [5.41, 5.74) is 6.55. The molecule has 0 heterocycles. The van der Waals surface area contributed by atoms with Crippen LogP contribution < -0.4 is 10.5 Å². The van der Waals surface area contributed by atoms with Crippen molar-refractivity contribution in [3.8, 4) is 17.6 Å². The molecule has 0 aliphatic heterocycles. The normalized spacial score (nSPS) is 9.83. The van der Waals surface area contributed by atoms with E-state index in [1.54, 1.807) is 36.4 Å². The summed E-state index contributed by atoms with van der Waals surface area (Å²) >= 11 is 11.7. The van der Waals surface area contributed by atoms with Gasteiger partial charge in [-0.3, -0.25) is 0 Å². The molecule has 90 valence electrons. The van der Waals surface area contributed by atoms with Crippen LogP contribution in [-0.4, -0.2) is 0 Å². The average molecular weight is 279 g/mol. The molecule has 0 bridgehead atoms. The Labute approximate surface area is 114 Å². The van der Waals surface area contributed by atoms with Gasteiger partial charge in [0.1, 0.15) is 17.6 Å². The van der Waals surface area contributed by atoms with Crippen LogP contribution in [0.25, 0.3) is 0 Å².